The molecule has 2 aromatic rings. The molecule has 3 N–H and O–H groups in total. The van der Waals surface area contributed by atoms with Crippen molar-refractivity contribution in [2.45, 2.75) is 6.54 Å². The monoisotopic (exact) mass is 371 g/mol. The Morgan fingerprint density at radius 3 is 2.83 bits per heavy atom. The third kappa shape index (κ3) is 5.12. The molecular weight excluding hydrogens is 357 g/mol. The predicted molar refractivity (Wildman–Crippen MR) is 90.2 cm³/mol. The average Bonchev–Trinajstić information content (AvgIpc) is 3.00. The van der Waals surface area contributed by atoms with Gasteiger partial charge in [0.1, 0.15) is 0 Å². The third-order valence-corrected chi connectivity index (χ3v) is 3.44. The lowest BCUT2D eigenvalue weighted by atomic mass is 10.2. The fourth-order valence-corrected chi connectivity index (χ4v) is 2.13. The molecule has 1 aromatic carbocycles. The maximum absolute atomic E-state index is 12.0. The number of benzene rings is 1. The van der Waals surface area contributed by atoms with E-state index in [9.17, 15) is 9.59 Å². The SMILES string of the molecule is COCCn1cc(NC(=O)NNC(=O)c2cc(Cl)ccc2Cl)cn1. The van der Waals surface area contributed by atoms with Gasteiger partial charge in [0.15, 0.2) is 0 Å². The van der Waals surface area contributed by atoms with E-state index in [2.05, 4.69) is 21.3 Å². The zero-order valence-electron chi connectivity index (χ0n) is 12.7. The van der Waals surface area contributed by atoms with Crippen LogP contribution in [0, 0.1) is 0 Å². The summed E-state index contributed by atoms with van der Waals surface area (Å²) >= 11 is 11.7. The number of methoxy groups -OCH3 is 1. The zero-order chi connectivity index (χ0) is 17.5. The third-order valence-electron chi connectivity index (χ3n) is 2.88. The van der Waals surface area contributed by atoms with Crippen LogP contribution in [0.2, 0.25) is 10.0 Å². The summed E-state index contributed by atoms with van der Waals surface area (Å²) in [5, 5.41) is 7.15. The van der Waals surface area contributed by atoms with Crippen molar-refractivity contribution in [1.29, 1.82) is 0 Å². The molecule has 0 atom stereocenters. The number of rotatable bonds is 5. The predicted octanol–water partition coefficient (Wildman–Crippen LogP) is 2.30. The van der Waals surface area contributed by atoms with E-state index in [1.165, 1.54) is 18.3 Å². The summed E-state index contributed by atoms with van der Waals surface area (Å²) < 4.78 is 6.55. The lowest BCUT2D eigenvalue weighted by molar-refractivity contribution is 0.0938. The van der Waals surface area contributed by atoms with Gasteiger partial charge < -0.3 is 10.1 Å². The summed E-state index contributed by atoms with van der Waals surface area (Å²) in [5.74, 6) is -0.589. The van der Waals surface area contributed by atoms with E-state index in [4.69, 9.17) is 27.9 Å². The van der Waals surface area contributed by atoms with Crippen molar-refractivity contribution in [2.75, 3.05) is 19.0 Å². The molecule has 0 saturated heterocycles. The van der Waals surface area contributed by atoms with Gasteiger partial charge in [0.25, 0.3) is 5.91 Å². The first-order chi connectivity index (χ1) is 11.5. The van der Waals surface area contributed by atoms with Crippen LogP contribution >= 0.6 is 23.2 Å². The van der Waals surface area contributed by atoms with Crippen LogP contribution in [0.1, 0.15) is 10.4 Å². The quantitative estimate of drug-likeness (QED) is 0.702. The van der Waals surface area contributed by atoms with E-state index < -0.39 is 11.9 Å². The van der Waals surface area contributed by atoms with Crippen molar-refractivity contribution >= 4 is 40.8 Å². The van der Waals surface area contributed by atoms with Gasteiger partial charge in [-0.1, -0.05) is 23.2 Å². The Hall–Kier alpha value is -2.29. The molecule has 1 aromatic heterocycles. The van der Waals surface area contributed by atoms with Crippen molar-refractivity contribution in [3.05, 3.63) is 46.2 Å². The fraction of sp³-hybridized carbons (Fsp3) is 0.214. The van der Waals surface area contributed by atoms with Crippen LogP contribution in [-0.4, -0.2) is 35.4 Å². The van der Waals surface area contributed by atoms with Gasteiger partial charge in [0.05, 0.1) is 35.6 Å². The van der Waals surface area contributed by atoms with Crippen LogP contribution in [0.15, 0.2) is 30.6 Å². The maximum atomic E-state index is 12.0. The molecule has 0 spiro atoms. The number of carbonyl (C=O) groups is 2. The average molecular weight is 372 g/mol. The molecule has 0 bridgehead atoms. The van der Waals surface area contributed by atoms with Gasteiger partial charge in [0.2, 0.25) is 0 Å². The maximum Gasteiger partial charge on any atom is 0.338 e. The smallest absolute Gasteiger partial charge is 0.338 e. The number of carbonyl (C=O) groups excluding carboxylic acids is 2. The minimum Gasteiger partial charge on any atom is -0.383 e. The fourth-order valence-electron chi connectivity index (χ4n) is 1.75. The number of aromatic nitrogens is 2. The van der Waals surface area contributed by atoms with Crippen LogP contribution in [0.4, 0.5) is 10.5 Å². The number of hydrazine groups is 1. The van der Waals surface area contributed by atoms with Crippen LogP contribution in [0.25, 0.3) is 0 Å². The Bertz CT molecular complexity index is 735. The molecule has 0 aliphatic heterocycles. The van der Waals surface area contributed by atoms with Gasteiger partial charge in [-0.25, -0.2) is 10.2 Å². The van der Waals surface area contributed by atoms with Crippen molar-refractivity contribution in [3.8, 4) is 0 Å². The molecule has 0 aliphatic rings. The molecule has 0 fully saturated rings. The molecule has 24 heavy (non-hydrogen) atoms. The zero-order valence-corrected chi connectivity index (χ0v) is 14.2. The molecule has 3 amide bonds. The van der Waals surface area contributed by atoms with Crippen LogP contribution in [0.5, 0.6) is 0 Å². The molecule has 0 radical (unpaired) electrons. The summed E-state index contributed by atoms with van der Waals surface area (Å²) in [6, 6.07) is 3.82. The normalized spacial score (nSPS) is 10.3. The number of ether oxygens (including phenoxy) is 1. The Morgan fingerprint density at radius 2 is 2.08 bits per heavy atom. The van der Waals surface area contributed by atoms with E-state index in [0.29, 0.717) is 23.9 Å². The van der Waals surface area contributed by atoms with E-state index in [0.717, 1.165) is 0 Å². The highest BCUT2D eigenvalue weighted by atomic mass is 35.5. The minimum absolute atomic E-state index is 0.150. The molecule has 128 valence electrons. The number of urea groups is 1. The lowest BCUT2D eigenvalue weighted by Crippen LogP contribution is -2.44. The molecular formula is C14H15Cl2N5O3. The number of anilines is 1. The van der Waals surface area contributed by atoms with E-state index in [-0.39, 0.29) is 10.6 Å². The number of amides is 3. The Kier molecular flexibility index (Phi) is 6.42. The van der Waals surface area contributed by atoms with Gasteiger partial charge in [0, 0.05) is 18.3 Å². The van der Waals surface area contributed by atoms with Crippen molar-refractivity contribution in [1.82, 2.24) is 20.6 Å². The van der Waals surface area contributed by atoms with Gasteiger partial charge in [-0.15, -0.1) is 0 Å². The number of hydrogen-bond acceptors (Lipinski definition) is 4. The van der Waals surface area contributed by atoms with E-state index in [1.54, 1.807) is 24.1 Å². The summed E-state index contributed by atoms with van der Waals surface area (Å²) in [5.41, 5.74) is 5.07. The van der Waals surface area contributed by atoms with Gasteiger partial charge in [-0.3, -0.25) is 14.9 Å². The number of hydrogen-bond donors (Lipinski definition) is 3. The van der Waals surface area contributed by atoms with Crippen molar-refractivity contribution in [2.24, 2.45) is 0 Å². The van der Waals surface area contributed by atoms with Gasteiger partial charge >= 0.3 is 6.03 Å². The highest BCUT2D eigenvalue weighted by Crippen LogP contribution is 2.20. The highest BCUT2D eigenvalue weighted by Gasteiger charge is 2.12. The molecule has 0 aliphatic carbocycles. The molecule has 8 nitrogen and oxygen atoms in total. The second-order valence-electron chi connectivity index (χ2n) is 4.64. The topological polar surface area (TPSA) is 97.3 Å². The summed E-state index contributed by atoms with van der Waals surface area (Å²) in [7, 11) is 1.59. The number of halogens is 2. The Labute approximate surface area is 148 Å². The van der Waals surface area contributed by atoms with Crippen LogP contribution < -0.4 is 16.2 Å². The molecule has 1 heterocycles. The van der Waals surface area contributed by atoms with E-state index >= 15 is 0 Å². The molecule has 10 heteroatoms. The Balaban J connectivity index is 1.85. The summed E-state index contributed by atoms with van der Waals surface area (Å²) in [6.07, 6.45) is 3.11. The first-order valence-electron chi connectivity index (χ1n) is 6.83. The molecule has 0 saturated carbocycles. The highest BCUT2D eigenvalue weighted by molar-refractivity contribution is 6.35. The Morgan fingerprint density at radius 1 is 1.29 bits per heavy atom. The number of nitrogens with one attached hydrogen (secondary N) is 3. The van der Waals surface area contributed by atoms with Crippen molar-refractivity contribution < 1.29 is 14.3 Å². The van der Waals surface area contributed by atoms with Gasteiger partial charge in [-0.05, 0) is 18.2 Å². The largest absolute Gasteiger partial charge is 0.383 e. The second-order valence-corrected chi connectivity index (χ2v) is 5.49. The first-order valence-corrected chi connectivity index (χ1v) is 7.59. The first kappa shape index (κ1) is 18.1. The van der Waals surface area contributed by atoms with Crippen LogP contribution in [-0.2, 0) is 11.3 Å². The molecule has 0 unspecified atom stereocenters. The standard InChI is InChI=1S/C14H15Cl2N5O3/c1-24-5-4-21-8-10(7-17-21)18-14(23)20-19-13(22)11-6-9(15)2-3-12(11)16/h2-3,6-8H,4-5H2,1H3,(H,19,22)(H2,18,20,23). The molecule has 2 rings (SSSR count). The summed E-state index contributed by atoms with van der Waals surface area (Å²) in [6.45, 7) is 1.06. The van der Waals surface area contributed by atoms with Crippen molar-refractivity contribution in [3.63, 3.8) is 0 Å². The number of nitrogens with zero attached hydrogens (tertiary/aromatic N) is 2. The van der Waals surface area contributed by atoms with Gasteiger partial charge in [-0.2, -0.15) is 5.10 Å². The summed E-state index contributed by atoms with van der Waals surface area (Å²) in [4.78, 5) is 23.7. The van der Waals surface area contributed by atoms with E-state index in [1.807, 2.05) is 0 Å². The second kappa shape index (κ2) is 8.53. The minimum atomic E-state index is -0.632. The van der Waals surface area contributed by atoms with Crippen LogP contribution in [0.3, 0.4) is 0 Å². The lowest BCUT2D eigenvalue weighted by Gasteiger charge is -2.09.